The van der Waals surface area contributed by atoms with Crippen LogP contribution >= 0.6 is 0 Å². The first-order valence-corrected chi connectivity index (χ1v) is 6.45. The molecular formula is C16H16O4. The van der Waals surface area contributed by atoms with Crippen LogP contribution in [-0.4, -0.2) is 25.5 Å². The number of ether oxygens (including phenoxy) is 2. The molecule has 2 aromatic rings. The first-order valence-electron chi connectivity index (χ1n) is 6.45. The van der Waals surface area contributed by atoms with Crippen LogP contribution in [0.15, 0.2) is 42.5 Å². The summed E-state index contributed by atoms with van der Waals surface area (Å²) in [5, 5.41) is 2.11. The minimum absolute atomic E-state index is 0.125. The van der Waals surface area contributed by atoms with Crippen LogP contribution in [-0.2, 0) is 14.3 Å². The molecule has 0 fully saturated rings. The normalized spacial score (nSPS) is 11.8. The Hall–Kier alpha value is -2.36. The Bertz CT molecular complexity index is 601. The molecule has 2 aromatic carbocycles. The molecule has 0 amide bonds. The second-order valence-corrected chi connectivity index (χ2v) is 4.42. The predicted octanol–water partition coefficient (Wildman–Crippen LogP) is 2.60. The fourth-order valence-electron chi connectivity index (χ4n) is 1.80. The van der Waals surface area contributed by atoms with Crippen molar-refractivity contribution in [2.24, 2.45) is 5.92 Å². The molecule has 0 spiro atoms. The number of rotatable bonds is 6. The summed E-state index contributed by atoms with van der Waals surface area (Å²) < 4.78 is 10.6. The van der Waals surface area contributed by atoms with Crippen molar-refractivity contribution in [3.63, 3.8) is 0 Å². The Labute approximate surface area is 117 Å². The van der Waals surface area contributed by atoms with E-state index in [-0.39, 0.29) is 13.2 Å². The van der Waals surface area contributed by atoms with Gasteiger partial charge in [-0.05, 0) is 18.4 Å². The minimum atomic E-state index is -0.729. The van der Waals surface area contributed by atoms with Crippen molar-refractivity contribution in [1.29, 1.82) is 0 Å². The first kappa shape index (κ1) is 14.1. The number of hydrogen-bond donors (Lipinski definition) is 0. The lowest BCUT2D eigenvalue weighted by atomic mass is 10.1. The van der Waals surface area contributed by atoms with Gasteiger partial charge in [-0.2, -0.15) is 0 Å². The van der Waals surface area contributed by atoms with E-state index in [0.717, 1.165) is 16.5 Å². The molecule has 0 aliphatic heterocycles. The number of benzene rings is 2. The highest BCUT2D eigenvalue weighted by Crippen LogP contribution is 2.24. The monoisotopic (exact) mass is 272 g/mol. The molecule has 20 heavy (non-hydrogen) atoms. The van der Waals surface area contributed by atoms with E-state index in [9.17, 15) is 9.59 Å². The molecule has 0 aliphatic carbocycles. The van der Waals surface area contributed by atoms with Crippen LogP contribution in [0.4, 0.5) is 0 Å². The predicted molar refractivity (Wildman–Crippen MR) is 75.6 cm³/mol. The van der Waals surface area contributed by atoms with Gasteiger partial charge >= 0.3 is 5.97 Å². The Balaban J connectivity index is 1.90. The molecule has 4 nitrogen and oxygen atoms in total. The molecule has 0 aliphatic rings. The molecule has 2 rings (SSSR count). The van der Waals surface area contributed by atoms with Crippen molar-refractivity contribution >= 4 is 23.0 Å². The highest BCUT2D eigenvalue weighted by Gasteiger charge is 2.12. The van der Waals surface area contributed by atoms with Gasteiger partial charge in [0.1, 0.15) is 31.2 Å². The van der Waals surface area contributed by atoms with Gasteiger partial charge in [-0.15, -0.1) is 0 Å². The summed E-state index contributed by atoms with van der Waals surface area (Å²) in [6.07, 6.45) is 0.563. The molecule has 1 unspecified atom stereocenters. The number of fused-ring (bicyclic) bond motifs is 1. The molecule has 4 heteroatoms. The van der Waals surface area contributed by atoms with E-state index in [1.54, 1.807) is 0 Å². The van der Waals surface area contributed by atoms with Crippen LogP contribution in [0.25, 0.3) is 10.8 Å². The van der Waals surface area contributed by atoms with E-state index in [4.69, 9.17) is 9.47 Å². The topological polar surface area (TPSA) is 52.6 Å². The smallest absolute Gasteiger partial charge is 0.316 e. The maximum absolute atomic E-state index is 11.3. The summed E-state index contributed by atoms with van der Waals surface area (Å²) in [5.74, 6) is -0.503. The van der Waals surface area contributed by atoms with Crippen LogP contribution < -0.4 is 4.74 Å². The lowest BCUT2D eigenvalue weighted by molar-refractivity contribution is -0.149. The summed E-state index contributed by atoms with van der Waals surface area (Å²) in [7, 11) is 0. The highest BCUT2D eigenvalue weighted by atomic mass is 16.6. The molecular weight excluding hydrogens is 256 g/mol. The first-order chi connectivity index (χ1) is 9.72. The van der Waals surface area contributed by atoms with E-state index < -0.39 is 11.9 Å². The van der Waals surface area contributed by atoms with E-state index in [2.05, 4.69) is 0 Å². The second kappa shape index (κ2) is 6.70. The zero-order valence-corrected chi connectivity index (χ0v) is 11.2. The third-order valence-electron chi connectivity index (χ3n) is 2.91. The Morgan fingerprint density at radius 3 is 2.70 bits per heavy atom. The van der Waals surface area contributed by atoms with Crippen molar-refractivity contribution in [3.05, 3.63) is 42.5 Å². The van der Waals surface area contributed by atoms with E-state index in [1.165, 1.54) is 6.92 Å². The van der Waals surface area contributed by atoms with Crippen LogP contribution in [0.3, 0.4) is 0 Å². The molecule has 0 radical (unpaired) electrons. The van der Waals surface area contributed by atoms with Gasteiger partial charge in [0.15, 0.2) is 0 Å². The molecule has 0 N–H and O–H groups in total. The van der Waals surface area contributed by atoms with Gasteiger partial charge in [0.05, 0.1) is 0 Å². The molecule has 0 bridgehead atoms. The summed E-state index contributed by atoms with van der Waals surface area (Å²) in [5.41, 5.74) is 0. The van der Waals surface area contributed by atoms with Gasteiger partial charge < -0.3 is 14.3 Å². The van der Waals surface area contributed by atoms with E-state index in [1.807, 2.05) is 42.5 Å². The van der Waals surface area contributed by atoms with Crippen LogP contribution in [0, 0.1) is 5.92 Å². The Morgan fingerprint density at radius 1 is 1.15 bits per heavy atom. The number of hydrogen-bond acceptors (Lipinski definition) is 4. The lowest BCUT2D eigenvalue weighted by Gasteiger charge is -2.10. The number of aldehydes is 1. The number of esters is 1. The number of carbonyl (C=O) groups excluding carboxylic acids is 2. The van der Waals surface area contributed by atoms with Gasteiger partial charge in [0, 0.05) is 5.39 Å². The third kappa shape index (κ3) is 3.35. The van der Waals surface area contributed by atoms with Gasteiger partial charge in [0.2, 0.25) is 0 Å². The van der Waals surface area contributed by atoms with Crippen molar-refractivity contribution in [2.45, 2.75) is 6.92 Å². The average molecular weight is 272 g/mol. The largest absolute Gasteiger partial charge is 0.489 e. The van der Waals surface area contributed by atoms with Crippen molar-refractivity contribution in [2.75, 3.05) is 13.2 Å². The second-order valence-electron chi connectivity index (χ2n) is 4.42. The van der Waals surface area contributed by atoms with Gasteiger partial charge in [-0.3, -0.25) is 4.79 Å². The van der Waals surface area contributed by atoms with Crippen LogP contribution in [0.1, 0.15) is 6.92 Å². The van der Waals surface area contributed by atoms with Crippen LogP contribution in [0.2, 0.25) is 0 Å². The molecule has 0 aromatic heterocycles. The van der Waals surface area contributed by atoms with E-state index >= 15 is 0 Å². The molecule has 104 valence electrons. The maximum Gasteiger partial charge on any atom is 0.316 e. The van der Waals surface area contributed by atoms with Gasteiger partial charge in [0.25, 0.3) is 0 Å². The third-order valence-corrected chi connectivity index (χ3v) is 2.91. The van der Waals surface area contributed by atoms with E-state index in [0.29, 0.717) is 6.29 Å². The Morgan fingerprint density at radius 2 is 1.90 bits per heavy atom. The van der Waals surface area contributed by atoms with Crippen molar-refractivity contribution < 1.29 is 19.1 Å². The number of carbonyl (C=O) groups is 2. The standard InChI is InChI=1S/C16H16O4/c1-12(11-17)16(18)20-10-9-19-15-8-4-6-13-5-2-3-7-14(13)15/h2-8,11-12H,9-10H2,1H3. The molecule has 0 saturated heterocycles. The summed E-state index contributed by atoms with van der Waals surface area (Å²) in [4.78, 5) is 21.7. The maximum atomic E-state index is 11.3. The molecule has 0 saturated carbocycles. The molecule has 1 atom stereocenters. The van der Waals surface area contributed by atoms with Crippen molar-refractivity contribution in [3.8, 4) is 5.75 Å². The average Bonchev–Trinajstić information content (AvgIpc) is 2.50. The lowest BCUT2D eigenvalue weighted by Crippen LogP contribution is -2.19. The fraction of sp³-hybridized carbons (Fsp3) is 0.250. The SMILES string of the molecule is CC(C=O)C(=O)OCCOc1cccc2ccccc12. The van der Waals surface area contributed by atoms with Crippen LogP contribution in [0.5, 0.6) is 5.75 Å². The zero-order valence-electron chi connectivity index (χ0n) is 11.2. The molecule has 0 heterocycles. The quantitative estimate of drug-likeness (QED) is 0.351. The summed E-state index contributed by atoms with van der Waals surface area (Å²) in [6.45, 7) is 1.88. The fourth-order valence-corrected chi connectivity index (χ4v) is 1.80. The summed E-state index contributed by atoms with van der Waals surface area (Å²) >= 11 is 0. The minimum Gasteiger partial charge on any atom is -0.489 e. The Kier molecular flexibility index (Phi) is 4.71. The highest BCUT2D eigenvalue weighted by molar-refractivity contribution is 5.88. The summed E-state index contributed by atoms with van der Waals surface area (Å²) in [6, 6.07) is 13.7. The van der Waals surface area contributed by atoms with Gasteiger partial charge in [-0.1, -0.05) is 36.4 Å². The van der Waals surface area contributed by atoms with Crippen molar-refractivity contribution in [1.82, 2.24) is 0 Å². The van der Waals surface area contributed by atoms with Gasteiger partial charge in [-0.25, -0.2) is 0 Å². The zero-order chi connectivity index (χ0) is 14.4.